The molecule has 2 N–H and O–H groups in total. The molecular formula is C28H35N5O2. The van der Waals surface area contributed by atoms with Gasteiger partial charge in [0.2, 0.25) is 0 Å². The first-order valence-electron chi connectivity index (χ1n) is 13.2. The van der Waals surface area contributed by atoms with Crippen molar-refractivity contribution < 1.29 is 9.90 Å². The smallest absolute Gasteiger partial charge is 0.160 e. The highest BCUT2D eigenvalue weighted by Gasteiger charge is 2.36. The second-order valence-corrected chi connectivity index (χ2v) is 10.7. The molecule has 1 aliphatic carbocycles. The fourth-order valence-corrected chi connectivity index (χ4v) is 6.84. The van der Waals surface area contributed by atoms with E-state index in [0.717, 1.165) is 56.2 Å². The van der Waals surface area contributed by atoms with Crippen molar-refractivity contribution in [2.75, 3.05) is 19.6 Å². The Labute approximate surface area is 206 Å². The van der Waals surface area contributed by atoms with Crippen LogP contribution in [0.1, 0.15) is 62.7 Å². The molecule has 4 heterocycles. The minimum absolute atomic E-state index is 0.228. The number of nitrogens with zero attached hydrogens (tertiary/aromatic N) is 4. The van der Waals surface area contributed by atoms with Gasteiger partial charge in [0.25, 0.3) is 0 Å². The molecule has 3 aliphatic rings. The van der Waals surface area contributed by atoms with Crippen molar-refractivity contribution in [3.05, 3.63) is 41.6 Å². The van der Waals surface area contributed by atoms with Gasteiger partial charge in [0, 0.05) is 53.7 Å². The second kappa shape index (κ2) is 9.36. The summed E-state index contributed by atoms with van der Waals surface area (Å²) in [5.41, 5.74) is 4.87. The summed E-state index contributed by atoms with van der Waals surface area (Å²) in [6, 6.07) is 11.0. The molecular weight excluding hydrogens is 438 g/mol. The third-order valence-electron chi connectivity index (χ3n) is 8.81. The summed E-state index contributed by atoms with van der Waals surface area (Å²) in [5, 5.41) is 20.3. The third kappa shape index (κ3) is 4.15. The van der Waals surface area contributed by atoms with Gasteiger partial charge < -0.3 is 19.8 Å². The monoisotopic (exact) mass is 473 g/mol. The van der Waals surface area contributed by atoms with E-state index in [1.54, 1.807) is 6.07 Å². The van der Waals surface area contributed by atoms with Gasteiger partial charge in [0.15, 0.2) is 5.65 Å². The van der Waals surface area contributed by atoms with Crippen molar-refractivity contribution in [1.29, 1.82) is 0 Å². The Morgan fingerprint density at radius 1 is 1.00 bits per heavy atom. The van der Waals surface area contributed by atoms with E-state index in [0.29, 0.717) is 35.3 Å². The van der Waals surface area contributed by atoms with E-state index in [-0.39, 0.29) is 5.75 Å². The van der Waals surface area contributed by atoms with Gasteiger partial charge in [-0.25, -0.2) is 0 Å². The molecule has 7 nitrogen and oxygen atoms in total. The number of piperidine rings is 1. The van der Waals surface area contributed by atoms with Crippen molar-refractivity contribution in [2.45, 2.75) is 70.0 Å². The van der Waals surface area contributed by atoms with Crippen LogP contribution in [0, 0.1) is 5.92 Å². The van der Waals surface area contributed by atoms with Gasteiger partial charge in [-0.05, 0) is 82.3 Å². The molecule has 2 aromatic heterocycles. The van der Waals surface area contributed by atoms with Gasteiger partial charge >= 0.3 is 0 Å². The Bertz CT molecular complexity index is 1210. The van der Waals surface area contributed by atoms with Crippen LogP contribution in [0.25, 0.3) is 22.3 Å². The topological polar surface area (TPSA) is 85.3 Å². The maximum Gasteiger partial charge on any atom is 0.160 e. The van der Waals surface area contributed by atoms with Crippen LogP contribution in [0.2, 0.25) is 0 Å². The average Bonchev–Trinajstić information content (AvgIpc) is 3.28. The molecule has 2 aliphatic heterocycles. The number of aromatic nitrogens is 3. The average molecular weight is 474 g/mol. The highest BCUT2D eigenvalue weighted by molar-refractivity contribution is 5.86. The number of carbonyl (C=O) groups excluding carboxylic acids is 1. The molecule has 1 saturated carbocycles. The van der Waals surface area contributed by atoms with E-state index in [2.05, 4.69) is 38.0 Å². The Balaban J connectivity index is 1.19. The van der Waals surface area contributed by atoms with Crippen LogP contribution in [-0.2, 0) is 11.2 Å². The molecule has 184 valence electrons. The van der Waals surface area contributed by atoms with Gasteiger partial charge in [0.1, 0.15) is 12.0 Å². The largest absolute Gasteiger partial charge is 0.507 e. The van der Waals surface area contributed by atoms with Crippen LogP contribution in [0.3, 0.4) is 0 Å². The minimum atomic E-state index is 0.228. The van der Waals surface area contributed by atoms with Crippen LogP contribution in [0.4, 0.5) is 0 Å². The number of likely N-dealkylation sites (tertiary alicyclic amines) is 1. The zero-order chi connectivity index (χ0) is 23.9. The highest BCUT2D eigenvalue weighted by Crippen LogP contribution is 2.39. The van der Waals surface area contributed by atoms with Crippen LogP contribution >= 0.6 is 0 Å². The number of hydrogen-bond donors (Lipinski definition) is 2. The van der Waals surface area contributed by atoms with Crippen molar-refractivity contribution in [3.8, 4) is 17.0 Å². The maximum absolute atomic E-state index is 11.1. The predicted molar refractivity (Wildman–Crippen MR) is 136 cm³/mol. The predicted octanol–water partition coefficient (Wildman–Crippen LogP) is 4.47. The number of hydrogen-bond acceptors (Lipinski definition) is 6. The zero-order valence-electron chi connectivity index (χ0n) is 20.5. The van der Waals surface area contributed by atoms with Crippen LogP contribution in [-0.4, -0.2) is 68.1 Å². The first kappa shape index (κ1) is 22.7. The number of aldehydes is 1. The van der Waals surface area contributed by atoms with Gasteiger partial charge in [-0.2, -0.15) is 0 Å². The van der Waals surface area contributed by atoms with E-state index in [9.17, 15) is 9.90 Å². The fraction of sp³-hybridized carbons (Fsp3) is 0.536. The van der Waals surface area contributed by atoms with E-state index in [4.69, 9.17) is 0 Å². The zero-order valence-corrected chi connectivity index (χ0v) is 20.5. The quantitative estimate of drug-likeness (QED) is 0.544. The van der Waals surface area contributed by atoms with Crippen LogP contribution in [0.5, 0.6) is 5.75 Å². The summed E-state index contributed by atoms with van der Waals surface area (Å²) in [6.07, 6.45) is 9.05. The Morgan fingerprint density at radius 3 is 2.51 bits per heavy atom. The number of carbonyl (C=O) groups is 1. The number of rotatable bonds is 4. The lowest BCUT2D eigenvalue weighted by Gasteiger charge is -2.46. The summed E-state index contributed by atoms with van der Waals surface area (Å²) >= 11 is 0. The van der Waals surface area contributed by atoms with Crippen molar-refractivity contribution in [1.82, 2.24) is 25.0 Å². The number of nitrogens with one attached hydrogen (secondary N) is 1. The standard InChI is InChI=1S/C28H35N5O2/c1-18-27-23-16-25(22-4-2-3-5-26(22)35)30-31-28(23)29-24(27)12-15-33(18)21-10-13-32(14-11-21)20-8-6-19(17-34)7-9-20/h2-5,16-21,35H,6-15H2,1H3,(H,29,31)/t18-,19?,20?/m1/s1. The molecule has 35 heavy (non-hydrogen) atoms. The van der Waals surface area contributed by atoms with E-state index >= 15 is 0 Å². The lowest BCUT2D eigenvalue weighted by Crippen LogP contribution is -2.50. The number of benzene rings is 1. The molecule has 0 unspecified atom stereocenters. The van der Waals surface area contributed by atoms with Crippen molar-refractivity contribution in [2.24, 2.45) is 5.92 Å². The molecule has 0 radical (unpaired) electrons. The normalized spacial score (nSPS) is 26.6. The molecule has 2 fully saturated rings. The Hall–Kier alpha value is -2.77. The number of aromatic hydroxyl groups is 1. The summed E-state index contributed by atoms with van der Waals surface area (Å²) < 4.78 is 0. The van der Waals surface area contributed by atoms with E-state index in [1.165, 1.54) is 36.9 Å². The highest BCUT2D eigenvalue weighted by atomic mass is 16.3. The fourth-order valence-electron chi connectivity index (χ4n) is 6.84. The molecule has 1 aromatic carbocycles. The summed E-state index contributed by atoms with van der Waals surface area (Å²) in [6.45, 7) is 5.72. The molecule has 7 heteroatoms. The van der Waals surface area contributed by atoms with Gasteiger partial charge in [-0.1, -0.05) is 12.1 Å². The van der Waals surface area contributed by atoms with E-state index in [1.807, 2.05) is 18.2 Å². The first-order valence-corrected chi connectivity index (χ1v) is 13.2. The van der Waals surface area contributed by atoms with Gasteiger partial charge in [0.05, 0.1) is 5.69 Å². The lowest BCUT2D eigenvalue weighted by atomic mass is 9.85. The number of aromatic amines is 1. The number of phenols is 1. The van der Waals surface area contributed by atoms with E-state index < -0.39 is 0 Å². The molecule has 1 atom stereocenters. The van der Waals surface area contributed by atoms with Gasteiger partial charge in [-0.3, -0.25) is 4.90 Å². The lowest BCUT2D eigenvalue weighted by molar-refractivity contribution is -0.112. The molecule has 0 amide bonds. The molecule has 3 aromatic rings. The first-order chi connectivity index (χ1) is 17.1. The summed E-state index contributed by atoms with van der Waals surface area (Å²) in [5.74, 6) is 0.519. The van der Waals surface area contributed by atoms with Crippen LogP contribution in [0.15, 0.2) is 30.3 Å². The molecule has 0 bridgehead atoms. The number of fused-ring (bicyclic) bond motifs is 3. The molecule has 1 saturated heterocycles. The summed E-state index contributed by atoms with van der Waals surface area (Å²) in [7, 11) is 0. The van der Waals surface area contributed by atoms with Crippen molar-refractivity contribution >= 4 is 17.3 Å². The third-order valence-corrected chi connectivity index (χ3v) is 8.81. The number of phenolic OH excluding ortho intramolecular Hbond substituents is 1. The molecule has 6 rings (SSSR count). The van der Waals surface area contributed by atoms with Gasteiger partial charge in [-0.15, -0.1) is 10.2 Å². The number of para-hydroxylation sites is 1. The second-order valence-electron chi connectivity index (χ2n) is 10.7. The van der Waals surface area contributed by atoms with Crippen molar-refractivity contribution in [3.63, 3.8) is 0 Å². The SMILES string of the molecule is C[C@@H]1c2c([nH]c3nnc(-c4ccccc4O)cc23)CCN1C1CCN(C2CCC(C=O)CC2)CC1. The molecule has 0 spiro atoms. The Kier molecular flexibility index (Phi) is 6.06. The maximum atomic E-state index is 11.1. The summed E-state index contributed by atoms with van der Waals surface area (Å²) in [4.78, 5) is 20.0. The van der Waals surface area contributed by atoms with Crippen LogP contribution < -0.4 is 0 Å². The Morgan fingerprint density at radius 2 is 1.77 bits per heavy atom. The minimum Gasteiger partial charge on any atom is -0.507 e. The number of H-pyrrole nitrogens is 1.